The zero-order valence-corrected chi connectivity index (χ0v) is 10.2. The fourth-order valence-corrected chi connectivity index (χ4v) is 3.77. The molecule has 0 saturated carbocycles. The first-order valence-electron chi connectivity index (χ1n) is 5.60. The van der Waals surface area contributed by atoms with Crippen LogP contribution >= 0.6 is 0 Å². The van der Waals surface area contributed by atoms with Crippen LogP contribution in [0.2, 0.25) is 0 Å². The van der Waals surface area contributed by atoms with E-state index >= 15 is 0 Å². The van der Waals surface area contributed by atoms with E-state index in [1.807, 2.05) is 0 Å². The Balaban J connectivity index is 2.00. The number of carbonyl (C=O) groups excluding carboxylic acids is 2. The van der Waals surface area contributed by atoms with E-state index in [9.17, 15) is 18.0 Å². The highest BCUT2D eigenvalue weighted by Crippen LogP contribution is 2.37. The molecule has 0 radical (unpaired) electrons. The molecule has 6 nitrogen and oxygen atoms in total. The Hall–Kier alpha value is -0.950. The van der Waals surface area contributed by atoms with Crippen LogP contribution in [0.4, 0.5) is 0 Å². The monoisotopic (exact) mass is 261 g/mol. The van der Waals surface area contributed by atoms with E-state index < -0.39 is 15.4 Å². The van der Waals surface area contributed by atoms with Crippen molar-refractivity contribution in [2.24, 2.45) is 0 Å². The Morgan fingerprint density at radius 1 is 1.35 bits per heavy atom. The Morgan fingerprint density at radius 3 is 2.59 bits per heavy atom. The number of aldehydes is 1. The van der Waals surface area contributed by atoms with Crippen molar-refractivity contribution >= 4 is 22.0 Å². The first kappa shape index (κ1) is 12.5. The van der Waals surface area contributed by atoms with Crippen molar-refractivity contribution in [1.29, 1.82) is 0 Å². The van der Waals surface area contributed by atoms with E-state index in [-0.39, 0.29) is 36.8 Å². The van der Waals surface area contributed by atoms with Crippen LogP contribution in [0, 0.1) is 0 Å². The molecule has 96 valence electrons. The third-order valence-electron chi connectivity index (χ3n) is 3.24. The summed E-state index contributed by atoms with van der Waals surface area (Å²) in [6.07, 6.45) is 1.91. The lowest BCUT2D eigenvalue weighted by molar-refractivity contribution is -0.201. The minimum absolute atomic E-state index is 0.0712. The summed E-state index contributed by atoms with van der Waals surface area (Å²) in [5, 5.41) is 1.20. The zero-order valence-electron chi connectivity index (χ0n) is 9.42. The van der Waals surface area contributed by atoms with Crippen LogP contribution in [-0.2, 0) is 24.3 Å². The summed E-state index contributed by atoms with van der Waals surface area (Å²) >= 11 is 0. The Bertz CT molecular complexity index is 416. The lowest BCUT2D eigenvalue weighted by atomic mass is 9.93. The molecule has 2 aliphatic heterocycles. The molecule has 17 heavy (non-hydrogen) atoms. The van der Waals surface area contributed by atoms with Crippen molar-refractivity contribution < 1.29 is 22.8 Å². The van der Waals surface area contributed by atoms with Gasteiger partial charge in [0, 0.05) is 6.42 Å². The van der Waals surface area contributed by atoms with Gasteiger partial charge in [-0.1, -0.05) is 0 Å². The summed E-state index contributed by atoms with van der Waals surface area (Å²) in [7, 11) is -2.96. The van der Waals surface area contributed by atoms with E-state index in [4.69, 9.17) is 4.84 Å². The molecule has 0 unspecified atom stereocenters. The standard InChI is InChI=1S/C10H15NO5S/c12-5-1-4-11-9(13)8-10(16-11)2-6-17(14,15)7-3-10/h5H,1-4,6-8H2. The van der Waals surface area contributed by atoms with Crippen LogP contribution in [0.5, 0.6) is 0 Å². The number of sulfone groups is 1. The molecule has 2 heterocycles. The second-order valence-electron chi connectivity index (χ2n) is 4.55. The second-order valence-corrected chi connectivity index (χ2v) is 6.86. The summed E-state index contributed by atoms with van der Waals surface area (Å²) in [4.78, 5) is 27.5. The number of amides is 1. The topological polar surface area (TPSA) is 80.8 Å². The van der Waals surface area contributed by atoms with Gasteiger partial charge in [-0.25, -0.2) is 13.5 Å². The number of hydrogen-bond acceptors (Lipinski definition) is 5. The van der Waals surface area contributed by atoms with E-state index in [0.717, 1.165) is 6.29 Å². The molecule has 0 N–H and O–H groups in total. The number of hydrogen-bond donors (Lipinski definition) is 0. The summed E-state index contributed by atoms with van der Waals surface area (Å²) < 4.78 is 22.7. The van der Waals surface area contributed by atoms with Crippen molar-refractivity contribution in [1.82, 2.24) is 5.06 Å². The Morgan fingerprint density at radius 2 is 2.00 bits per heavy atom. The van der Waals surface area contributed by atoms with Gasteiger partial charge in [0.2, 0.25) is 5.91 Å². The highest BCUT2D eigenvalue weighted by Gasteiger charge is 2.47. The van der Waals surface area contributed by atoms with Crippen molar-refractivity contribution in [2.75, 3.05) is 18.1 Å². The van der Waals surface area contributed by atoms with Crippen LogP contribution < -0.4 is 0 Å². The van der Waals surface area contributed by atoms with Crippen molar-refractivity contribution in [3.05, 3.63) is 0 Å². The van der Waals surface area contributed by atoms with Gasteiger partial charge in [0.15, 0.2) is 9.84 Å². The van der Waals surface area contributed by atoms with Crippen LogP contribution in [-0.4, -0.2) is 49.3 Å². The first-order chi connectivity index (χ1) is 7.96. The molecule has 0 atom stereocenters. The van der Waals surface area contributed by atoms with E-state index in [1.54, 1.807) is 0 Å². The average molecular weight is 261 g/mol. The zero-order chi connectivity index (χ0) is 12.5. The normalized spacial score (nSPS) is 26.4. The van der Waals surface area contributed by atoms with Gasteiger partial charge < -0.3 is 4.79 Å². The highest BCUT2D eigenvalue weighted by molar-refractivity contribution is 7.91. The largest absolute Gasteiger partial charge is 0.303 e. The predicted molar refractivity (Wildman–Crippen MR) is 58.7 cm³/mol. The van der Waals surface area contributed by atoms with Crippen molar-refractivity contribution in [2.45, 2.75) is 31.3 Å². The van der Waals surface area contributed by atoms with Crippen LogP contribution in [0.3, 0.4) is 0 Å². The SMILES string of the molecule is O=CCCN1OC2(CCS(=O)(=O)CC2)CC1=O. The van der Waals surface area contributed by atoms with Gasteiger partial charge in [0.05, 0.1) is 24.5 Å². The molecule has 2 aliphatic rings. The quantitative estimate of drug-likeness (QED) is 0.651. The average Bonchev–Trinajstić information content (AvgIpc) is 2.58. The fourth-order valence-electron chi connectivity index (χ4n) is 2.20. The van der Waals surface area contributed by atoms with Gasteiger partial charge in [-0.2, -0.15) is 0 Å². The summed E-state index contributed by atoms with van der Waals surface area (Å²) in [5.41, 5.74) is -0.648. The molecule has 0 aromatic carbocycles. The van der Waals surface area contributed by atoms with E-state index in [0.29, 0.717) is 12.8 Å². The lowest BCUT2D eigenvalue weighted by Crippen LogP contribution is -2.40. The van der Waals surface area contributed by atoms with Crippen molar-refractivity contribution in [3.8, 4) is 0 Å². The van der Waals surface area contributed by atoms with Gasteiger partial charge in [-0.05, 0) is 12.8 Å². The second kappa shape index (κ2) is 4.38. The van der Waals surface area contributed by atoms with E-state index in [1.165, 1.54) is 5.06 Å². The summed E-state index contributed by atoms with van der Waals surface area (Å²) in [6, 6.07) is 0. The fraction of sp³-hybridized carbons (Fsp3) is 0.800. The number of rotatable bonds is 3. The molecule has 1 spiro atoms. The maximum Gasteiger partial charge on any atom is 0.249 e. The van der Waals surface area contributed by atoms with Gasteiger partial charge in [-0.3, -0.25) is 9.63 Å². The van der Waals surface area contributed by atoms with Gasteiger partial charge >= 0.3 is 0 Å². The Kier molecular flexibility index (Phi) is 3.22. The molecule has 0 aromatic heterocycles. The molecule has 7 heteroatoms. The van der Waals surface area contributed by atoms with Gasteiger partial charge in [0.1, 0.15) is 11.9 Å². The van der Waals surface area contributed by atoms with Crippen LogP contribution in [0.25, 0.3) is 0 Å². The third kappa shape index (κ3) is 2.66. The molecule has 0 aromatic rings. The minimum atomic E-state index is -2.96. The lowest BCUT2D eigenvalue weighted by Gasteiger charge is -2.31. The third-order valence-corrected chi connectivity index (χ3v) is 4.90. The maximum atomic E-state index is 11.7. The van der Waals surface area contributed by atoms with Gasteiger partial charge in [-0.15, -0.1) is 0 Å². The Labute approximate surface area is 99.8 Å². The molecule has 2 fully saturated rings. The van der Waals surface area contributed by atoms with E-state index in [2.05, 4.69) is 0 Å². The molecule has 1 amide bonds. The molecule has 0 aliphatic carbocycles. The maximum absolute atomic E-state index is 11.7. The molecule has 2 rings (SSSR count). The molecule has 2 saturated heterocycles. The first-order valence-corrected chi connectivity index (χ1v) is 7.42. The number of carbonyl (C=O) groups is 2. The van der Waals surface area contributed by atoms with Crippen LogP contribution in [0.15, 0.2) is 0 Å². The molecular formula is C10H15NO5S. The molecule has 0 bridgehead atoms. The summed E-state index contributed by atoms with van der Waals surface area (Å²) in [6.45, 7) is 0.247. The highest BCUT2D eigenvalue weighted by atomic mass is 32.2. The summed E-state index contributed by atoms with van der Waals surface area (Å²) in [5.74, 6) is -0.0185. The minimum Gasteiger partial charge on any atom is -0.303 e. The number of nitrogens with zero attached hydrogens (tertiary/aromatic N) is 1. The predicted octanol–water partition coefficient (Wildman–Crippen LogP) is -0.313. The smallest absolute Gasteiger partial charge is 0.249 e. The van der Waals surface area contributed by atoms with Gasteiger partial charge in [0.25, 0.3) is 0 Å². The van der Waals surface area contributed by atoms with Crippen LogP contribution in [0.1, 0.15) is 25.7 Å². The molecular weight excluding hydrogens is 246 g/mol. The van der Waals surface area contributed by atoms with Crippen molar-refractivity contribution in [3.63, 3.8) is 0 Å². The number of hydroxylamine groups is 2.